The van der Waals surface area contributed by atoms with Gasteiger partial charge in [0.05, 0.1) is 17.5 Å². The lowest BCUT2D eigenvalue weighted by Crippen LogP contribution is -2.41. The smallest absolute Gasteiger partial charge is 0.243 e. The van der Waals surface area contributed by atoms with E-state index in [1.54, 1.807) is 36.4 Å². The molecule has 32 heavy (non-hydrogen) atoms. The maximum atomic E-state index is 13.3. The summed E-state index contributed by atoms with van der Waals surface area (Å²) < 4.78 is 29.5. The number of nitrogens with zero attached hydrogens (tertiary/aromatic N) is 1. The molecular weight excluding hydrogens is 580 g/mol. The minimum atomic E-state index is -3.92. The average Bonchev–Trinajstić information content (AvgIpc) is 2.75. The van der Waals surface area contributed by atoms with E-state index in [-0.39, 0.29) is 24.0 Å². The van der Waals surface area contributed by atoms with Crippen molar-refractivity contribution in [2.24, 2.45) is 0 Å². The second kappa shape index (κ2) is 10.9. The highest BCUT2D eigenvalue weighted by atomic mass is 79.9. The molecule has 0 spiro atoms. The summed E-state index contributed by atoms with van der Waals surface area (Å²) in [5.41, 5.74) is 1.63. The van der Waals surface area contributed by atoms with Gasteiger partial charge in [-0.1, -0.05) is 67.7 Å². The Morgan fingerprint density at radius 1 is 1.00 bits per heavy atom. The van der Waals surface area contributed by atoms with Crippen molar-refractivity contribution in [2.45, 2.75) is 24.4 Å². The summed E-state index contributed by atoms with van der Waals surface area (Å²) in [4.78, 5) is 13.0. The van der Waals surface area contributed by atoms with E-state index in [0.29, 0.717) is 5.02 Å². The zero-order valence-electron chi connectivity index (χ0n) is 17.1. The molecule has 9 heteroatoms. The second-order valence-corrected chi connectivity index (χ2v) is 11.4. The molecule has 0 saturated carbocycles. The summed E-state index contributed by atoms with van der Waals surface area (Å²) in [7, 11) is -3.92. The third-order valence-corrected chi connectivity index (χ3v) is 7.85. The Hall–Kier alpha value is -1.71. The molecule has 0 aliphatic heterocycles. The van der Waals surface area contributed by atoms with Crippen molar-refractivity contribution in [1.29, 1.82) is 0 Å². The SMILES string of the molecule is C[C@H](NC(=O)CN(Cc1ccc(Cl)cc1)S(=O)(=O)c1ccc(Br)cc1)c1cccc(Br)c1. The number of carbonyl (C=O) groups is 1. The first kappa shape index (κ1) is 24.9. The third kappa shape index (κ3) is 6.65. The zero-order valence-corrected chi connectivity index (χ0v) is 21.9. The molecule has 168 valence electrons. The highest BCUT2D eigenvalue weighted by Gasteiger charge is 2.27. The van der Waals surface area contributed by atoms with Crippen LogP contribution in [0.2, 0.25) is 5.02 Å². The van der Waals surface area contributed by atoms with Crippen molar-refractivity contribution < 1.29 is 13.2 Å². The Labute approximate surface area is 210 Å². The van der Waals surface area contributed by atoms with E-state index in [2.05, 4.69) is 37.2 Å². The molecule has 3 aromatic rings. The van der Waals surface area contributed by atoms with Crippen LogP contribution in [0.5, 0.6) is 0 Å². The minimum absolute atomic E-state index is 0.0360. The van der Waals surface area contributed by atoms with E-state index >= 15 is 0 Å². The Morgan fingerprint density at radius 2 is 1.66 bits per heavy atom. The third-order valence-electron chi connectivity index (χ3n) is 4.77. The maximum Gasteiger partial charge on any atom is 0.243 e. The Kier molecular flexibility index (Phi) is 8.52. The molecule has 0 aliphatic carbocycles. The lowest BCUT2D eigenvalue weighted by atomic mass is 10.1. The second-order valence-electron chi connectivity index (χ2n) is 7.20. The van der Waals surface area contributed by atoms with Gasteiger partial charge in [0.25, 0.3) is 0 Å². The van der Waals surface area contributed by atoms with E-state index in [4.69, 9.17) is 11.6 Å². The van der Waals surface area contributed by atoms with Gasteiger partial charge in [0, 0.05) is 20.5 Å². The molecular formula is C23H21Br2ClN2O3S. The highest BCUT2D eigenvalue weighted by Crippen LogP contribution is 2.22. The van der Waals surface area contributed by atoms with Crippen molar-refractivity contribution in [3.63, 3.8) is 0 Å². The van der Waals surface area contributed by atoms with Crippen LogP contribution in [0.15, 0.2) is 86.6 Å². The number of rotatable bonds is 8. The standard InChI is InChI=1S/C23H21Br2ClN2O3S/c1-16(18-3-2-4-20(25)13-18)27-23(29)15-28(14-17-5-9-21(26)10-6-17)32(30,31)22-11-7-19(24)8-12-22/h2-13,16H,14-15H2,1H3,(H,27,29)/t16-/m0/s1. The predicted octanol–water partition coefficient (Wildman–Crippen LogP) is 5.93. The van der Waals surface area contributed by atoms with Gasteiger partial charge >= 0.3 is 0 Å². The van der Waals surface area contributed by atoms with Gasteiger partial charge < -0.3 is 5.32 Å². The number of nitrogens with one attached hydrogen (secondary N) is 1. The summed E-state index contributed by atoms with van der Waals surface area (Å²) in [6.07, 6.45) is 0. The Balaban J connectivity index is 1.83. The van der Waals surface area contributed by atoms with Crippen LogP contribution in [0, 0.1) is 0 Å². The monoisotopic (exact) mass is 598 g/mol. The van der Waals surface area contributed by atoms with Gasteiger partial charge in [-0.25, -0.2) is 8.42 Å². The van der Waals surface area contributed by atoms with E-state index in [1.165, 1.54) is 16.4 Å². The van der Waals surface area contributed by atoms with E-state index in [0.717, 1.165) is 20.1 Å². The topological polar surface area (TPSA) is 66.5 Å². The van der Waals surface area contributed by atoms with Gasteiger partial charge in [-0.2, -0.15) is 4.31 Å². The zero-order chi connectivity index (χ0) is 23.3. The quantitative estimate of drug-likeness (QED) is 0.349. The molecule has 0 saturated heterocycles. The maximum absolute atomic E-state index is 13.3. The van der Waals surface area contributed by atoms with Crippen LogP contribution in [0.3, 0.4) is 0 Å². The van der Waals surface area contributed by atoms with Crippen molar-refractivity contribution in [3.05, 3.63) is 97.9 Å². The van der Waals surface area contributed by atoms with Crippen LogP contribution in [0.1, 0.15) is 24.1 Å². The van der Waals surface area contributed by atoms with Crippen LogP contribution in [-0.4, -0.2) is 25.2 Å². The molecule has 1 amide bonds. The van der Waals surface area contributed by atoms with Crippen molar-refractivity contribution in [1.82, 2.24) is 9.62 Å². The summed E-state index contributed by atoms with van der Waals surface area (Å²) in [6, 6.07) is 20.5. The van der Waals surface area contributed by atoms with Gasteiger partial charge in [0.1, 0.15) is 0 Å². The number of halogens is 3. The molecule has 3 rings (SSSR count). The molecule has 0 aliphatic rings. The van der Waals surface area contributed by atoms with Crippen LogP contribution in [-0.2, 0) is 21.4 Å². The first-order chi connectivity index (χ1) is 15.1. The fraction of sp³-hybridized carbons (Fsp3) is 0.174. The fourth-order valence-corrected chi connectivity index (χ4v) is 5.27. The lowest BCUT2D eigenvalue weighted by Gasteiger charge is -2.23. The van der Waals surface area contributed by atoms with Gasteiger partial charge in [-0.3, -0.25) is 4.79 Å². The molecule has 1 N–H and O–H groups in total. The highest BCUT2D eigenvalue weighted by molar-refractivity contribution is 9.10. The van der Waals surface area contributed by atoms with E-state index in [9.17, 15) is 13.2 Å². The molecule has 0 bridgehead atoms. The number of sulfonamides is 1. The molecule has 0 radical (unpaired) electrons. The number of hydrogen-bond acceptors (Lipinski definition) is 3. The summed E-state index contributed by atoms with van der Waals surface area (Å²) >= 11 is 12.7. The average molecular weight is 601 g/mol. The molecule has 5 nitrogen and oxygen atoms in total. The van der Waals surface area contributed by atoms with E-state index < -0.39 is 15.9 Å². The molecule has 0 aromatic heterocycles. The van der Waals surface area contributed by atoms with Gasteiger partial charge in [-0.05, 0) is 66.6 Å². The molecule has 0 unspecified atom stereocenters. The normalized spacial score (nSPS) is 12.5. The molecule has 0 heterocycles. The fourth-order valence-electron chi connectivity index (χ4n) is 3.08. The molecule has 1 atom stereocenters. The number of carbonyl (C=O) groups excluding carboxylic acids is 1. The summed E-state index contributed by atoms with van der Waals surface area (Å²) in [6.45, 7) is 1.57. The first-order valence-electron chi connectivity index (χ1n) is 9.70. The number of hydrogen-bond donors (Lipinski definition) is 1. The van der Waals surface area contributed by atoms with Crippen molar-refractivity contribution in [2.75, 3.05) is 6.54 Å². The first-order valence-corrected chi connectivity index (χ1v) is 13.1. The van der Waals surface area contributed by atoms with Crippen LogP contribution in [0.25, 0.3) is 0 Å². The van der Waals surface area contributed by atoms with Crippen molar-refractivity contribution in [3.8, 4) is 0 Å². The van der Waals surface area contributed by atoms with Gasteiger partial charge in [0.15, 0.2) is 0 Å². The minimum Gasteiger partial charge on any atom is -0.348 e. The molecule has 0 fully saturated rings. The number of amides is 1. The van der Waals surface area contributed by atoms with Gasteiger partial charge in [-0.15, -0.1) is 0 Å². The predicted molar refractivity (Wildman–Crippen MR) is 134 cm³/mol. The van der Waals surface area contributed by atoms with Crippen LogP contribution < -0.4 is 5.32 Å². The van der Waals surface area contributed by atoms with Gasteiger partial charge in [0.2, 0.25) is 15.9 Å². The van der Waals surface area contributed by atoms with E-state index in [1.807, 2.05) is 31.2 Å². The summed E-state index contributed by atoms with van der Waals surface area (Å²) in [5, 5.41) is 3.44. The Morgan fingerprint density at radius 3 is 2.28 bits per heavy atom. The Bertz CT molecular complexity index is 1190. The van der Waals surface area contributed by atoms with Crippen molar-refractivity contribution >= 4 is 59.4 Å². The lowest BCUT2D eigenvalue weighted by molar-refractivity contribution is -0.122. The van der Waals surface area contributed by atoms with Crippen LogP contribution >= 0.6 is 43.5 Å². The molecule has 3 aromatic carbocycles. The largest absolute Gasteiger partial charge is 0.348 e. The van der Waals surface area contributed by atoms with Crippen LogP contribution in [0.4, 0.5) is 0 Å². The number of benzene rings is 3. The summed E-state index contributed by atoms with van der Waals surface area (Å²) in [5.74, 6) is -0.396.